The van der Waals surface area contributed by atoms with Gasteiger partial charge in [0.15, 0.2) is 0 Å². The summed E-state index contributed by atoms with van der Waals surface area (Å²) in [5.41, 5.74) is 0.591. The molecular weight excluding hydrogens is 447 g/mol. The summed E-state index contributed by atoms with van der Waals surface area (Å²) in [7, 11) is 0. The van der Waals surface area contributed by atoms with Crippen LogP contribution in [0.4, 0.5) is 13.2 Å². The van der Waals surface area contributed by atoms with Gasteiger partial charge in [-0.05, 0) is 42.5 Å². The molecule has 0 fully saturated rings. The summed E-state index contributed by atoms with van der Waals surface area (Å²) in [5, 5.41) is 4.76. The maximum Gasteiger partial charge on any atom is 0.420 e. The molecule has 9 heteroatoms. The largest absolute Gasteiger partial charge is 0.457 e. The number of hydrogen-bond acceptors (Lipinski definition) is 5. The predicted octanol–water partition coefficient (Wildman–Crippen LogP) is 6.37. The van der Waals surface area contributed by atoms with Crippen LogP contribution in [0.25, 0.3) is 33.7 Å². The minimum absolute atomic E-state index is 0.0592. The number of carbonyl (C=O) groups is 1. The third-order valence-corrected chi connectivity index (χ3v) is 5.25. The van der Waals surface area contributed by atoms with Gasteiger partial charge in [0.1, 0.15) is 17.8 Å². The van der Waals surface area contributed by atoms with Gasteiger partial charge in [-0.2, -0.15) is 18.2 Å². The second kappa shape index (κ2) is 8.51. The van der Waals surface area contributed by atoms with Gasteiger partial charge >= 0.3 is 6.18 Å². The Labute approximate surface area is 191 Å². The van der Waals surface area contributed by atoms with Gasteiger partial charge in [-0.1, -0.05) is 35.5 Å². The van der Waals surface area contributed by atoms with Crippen molar-refractivity contribution in [2.24, 2.45) is 0 Å². The van der Waals surface area contributed by atoms with Crippen LogP contribution in [0, 0.1) is 0 Å². The Balaban J connectivity index is 1.52. The summed E-state index contributed by atoms with van der Waals surface area (Å²) in [6.07, 6.45) is -2.09. The lowest BCUT2D eigenvalue weighted by atomic mass is 10.1. The van der Waals surface area contributed by atoms with Gasteiger partial charge in [-0.15, -0.1) is 0 Å². The average Bonchev–Trinajstić information content (AvgIpc) is 3.47. The zero-order chi connectivity index (χ0) is 23.7. The van der Waals surface area contributed by atoms with Crippen molar-refractivity contribution in [3.8, 4) is 34.3 Å². The summed E-state index contributed by atoms with van der Waals surface area (Å²) >= 11 is 0. The molecule has 2 heterocycles. The van der Waals surface area contributed by atoms with Gasteiger partial charge in [0, 0.05) is 28.2 Å². The third kappa shape index (κ3) is 4.03. The predicted molar refractivity (Wildman–Crippen MR) is 118 cm³/mol. The molecule has 34 heavy (non-hydrogen) atoms. The Morgan fingerprint density at radius 3 is 2.59 bits per heavy atom. The molecule has 0 N–H and O–H groups in total. The van der Waals surface area contributed by atoms with Crippen molar-refractivity contribution in [1.82, 2.24) is 14.7 Å². The quantitative estimate of drug-likeness (QED) is 0.274. The molecule has 0 radical (unpaired) electrons. The molecule has 0 atom stereocenters. The highest BCUT2D eigenvalue weighted by Gasteiger charge is 2.35. The lowest BCUT2D eigenvalue weighted by Crippen LogP contribution is -2.07. The van der Waals surface area contributed by atoms with Crippen LogP contribution < -0.4 is 4.74 Å². The smallest absolute Gasteiger partial charge is 0.420 e. The van der Waals surface area contributed by atoms with Crippen LogP contribution >= 0.6 is 0 Å². The molecule has 0 bridgehead atoms. The number of carbonyl (C=O) groups excluding carboxylic acids is 1. The monoisotopic (exact) mass is 463 g/mol. The van der Waals surface area contributed by atoms with Crippen LogP contribution in [0.15, 0.2) is 83.5 Å². The van der Waals surface area contributed by atoms with Crippen LogP contribution in [0.3, 0.4) is 0 Å². The Hall–Kier alpha value is -4.40. The van der Waals surface area contributed by atoms with Crippen molar-refractivity contribution in [1.29, 1.82) is 0 Å². The summed E-state index contributed by atoms with van der Waals surface area (Å²) < 4.78 is 53.9. The SMILES string of the molecule is O=CCn1ccc2c(-c3noc(-c4ccc(Oc5ccccc5)c(C(F)(F)F)c4)n3)cccc21. The molecule has 0 aliphatic carbocycles. The highest BCUT2D eigenvalue weighted by molar-refractivity contribution is 5.94. The number of aromatic nitrogens is 3. The molecule has 5 rings (SSSR count). The molecule has 0 aliphatic heterocycles. The van der Waals surface area contributed by atoms with Crippen molar-refractivity contribution in [2.75, 3.05) is 0 Å². The molecule has 170 valence electrons. The Morgan fingerprint density at radius 2 is 1.82 bits per heavy atom. The van der Waals surface area contributed by atoms with Crippen molar-refractivity contribution in [3.63, 3.8) is 0 Å². The number of alkyl halides is 3. The fraction of sp³-hybridized carbons (Fsp3) is 0.0800. The minimum Gasteiger partial charge on any atom is -0.457 e. The topological polar surface area (TPSA) is 70.2 Å². The lowest BCUT2D eigenvalue weighted by molar-refractivity contribution is -0.138. The van der Waals surface area contributed by atoms with Gasteiger partial charge in [0.05, 0.1) is 12.1 Å². The van der Waals surface area contributed by atoms with Crippen molar-refractivity contribution in [3.05, 3.63) is 84.6 Å². The molecule has 0 unspecified atom stereocenters. The Bertz CT molecular complexity index is 1470. The van der Waals surface area contributed by atoms with E-state index in [9.17, 15) is 18.0 Å². The molecule has 2 aromatic heterocycles. The van der Waals surface area contributed by atoms with Crippen molar-refractivity contribution < 1.29 is 27.2 Å². The van der Waals surface area contributed by atoms with Crippen LogP contribution in [-0.4, -0.2) is 21.0 Å². The molecule has 0 saturated heterocycles. The lowest BCUT2D eigenvalue weighted by Gasteiger charge is -2.14. The van der Waals surface area contributed by atoms with E-state index in [1.807, 2.05) is 12.1 Å². The number of aldehydes is 1. The fourth-order valence-corrected chi connectivity index (χ4v) is 3.70. The number of nitrogens with zero attached hydrogens (tertiary/aromatic N) is 3. The number of rotatable bonds is 6. The summed E-state index contributed by atoms with van der Waals surface area (Å²) in [6.45, 7) is 0.196. The molecule has 0 spiro atoms. The van der Waals surface area contributed by atoms with E-state index in [2.05, 4.69) is 10.1 Å². The first-order valence-electron chi connectivity index (χ1n) is 10.2. The zero-order valence-electron chi connectivity index (χ0n) is 17.5. The van der Waals surface area contributed by atoms with Crippen molar-refractivity contribution in [2.45, 2.75) is 12.7 Å². The average molecular weight is 463 g/mol. The van der Waals surface area contributed by atoms with Gasteiger partial charge < -0.3 is 18.6 Å². The van der Waals surface area contributed by atoms with E-state index in [0.717, 1.165) is 23.3 Å². The van der Waals surface area contributed by atoms with E-state index >= 15 is 0 Å². The first-order valence-corrected chi connectivity index (χ1v) is 10.2. The van der Waals surface area contributed by atoms with Crippen LogP contribution in [0.5, 0.6) is 11.5 Å². The maximum atomic E-state index is 13.8. The van der Waals surface area contributed by atoms with E-state index in [0.29, 0.717) is 5.56 Å². The highest BCUT2D eigenvalue weighted by Crippen LogP contribution is 2.40. The Kier molecular flexibility index (Phi) is 5.37. The van der Waals surface area contributed by atoms with E-state index < -0.39 is 11.7 Å². The van der Waals surface area contributed by atoms with Crippen molar-refractivity contribution >= 4 is 17.2 Å². The van der Waals surface area contributed by atoms with Gasteiger partial charge in [0.25, 0.3) is 5.89 Å². The van der Waals surface area contributed by atoms with Crippen LogP contribution in [0.1, 0.15) is 5.56 Å². The molecule has 6 nitrogen and oxygen atoms in total. The van der Waals surface area contributed by atoms with Crippen LogP contribution in [-0.2, 0) is 17.5 Å². The van der Waals surface area contributed by atoms with Crippen LogP contribution in [0.2, 0.25) is 0 Å². The molecular formula is C25H16F3N3O3. The molecule has 3 aromatic carbocycles. The van der Waals surface area contributed by atoms with Gasteiger partial charge in [-0.25, -0.2) is 0 Å². The molecule has 0 aliphatic rings. The molecule has 0 saturated carbocycles. The van der Waals surface area contributed by atoms with E-state index in [1.54, 1.807) is 53.2 Å². The summed E-state index contributed by atoms with van der Waals surface area (Å²) in [5.74, 6) is 0.123. The number of fused-ring (bicyclic) bond motifs is 1. The molecule has 0 amide bonds. The number of ether oxygens (including phenoxy) is 1. The summed E-state index contributed by atoms with van der Waals surface area (Å²) in [4.78, 5) is 15.2. The maximum absolute atomic E-state index is 13.8. The van der Waals surface area contributed by atoms with Gasteiger partial charge in [-0.3, -0.25) is 0 Å². The number of benzene rings is 3. The highest BCUT2D eigenvalue weighted by atomic mass is 19.4. The molecule has 5 aromatic rings. The Morgan fingerprint density at radius 1 is 1.00 bits per heavy atom. The zero-order valence-corrected chi connectivity index (χ0v) is 17.5. The number of halogens is 3. The van der Waals surface area contributed by atoms with E-state index in [-0.39, 0.29) is 35.3 Å². The third-order valence-electron chi connectivity index (χ3n) is 5.25. The summed E-state index contributed by atoms with van der Waals surface area (Å²) in [6, 6.07) is 19.1. The van der Waals surface area contributed by atoms with E-state index in [4.69, 9.17) is 9.26 Å². The first kappa shape index (κ1) is 21.4. The first-order chi connectivity index (χ1) is 16.4. The standard InChI is InChI=1S/C25H16F3N3O3/c26-25(27,28)20-15-16(9-10-22(20)33-17-5-2-1-3-6-17)24-29-23(30-34-24)19-7-4-8-21-18(19)11-12-31(21)13-14-32/h1-12,14-15H,13H2. The fourth-order valence-electron chi connectivity index (χ4n) is 3.70. The minimum atomic E-state index is -4.66. The second-order valence-electron chi connectivity index (χ2n) is 7.42. The normalized spacial score (nSPS) is 11.6. The van der Waals surface area contributed by atoms with E-state index in [1.165, 1.54) is 12.1 Å². The number of hydrogen-bond donors (Lipinski definition) is 0. The second-order valence-corrected chi connectivity index (χ2v) is 7.42. The van der Waals surface area contributed by atoms with Gasteiger partial charge in [0.2, 0.25) is 5.82 Å². The number of para-hydroxylation sites is 1.